The SMILES string of the molecule is Cc1ccc(/C=C/C(=O)Nc2cn[nH]c2)c(Br)c1. The van der Waals surface area contributed by atoms with Gasteiger partial charge in [-0.25, -0.2) is 0 Å². The molecule has 2 aromatic rings. The molecule has 0 unspecified atom stereocenters. The number of hydrogen-bond acceptors (Lipinski definition) is 2. The minimum absolute atomic E-state index is 0.191. The molecule has 5 heteroatoms. The molecule has 0 radical (unpaired) electrons. The highest BCUT2D eigenvalue weighted by atomic mass is 79.9. The van der Waals surface area contributed by atoms with E-state index in [9.17, 15) is 4.79 Å². The topological polar surface area (TPSA) is 57.8 Å². The van der Waals surface area contributed by atoms with Crippen molar-refractivity contribution in [3.8, 4) is 0 Å². The number of aryl methyl sites for hydroxylation is 1. The van der Waals surface area contributed by atoms with E-state index in [0.29, 0.717) is 5.69 Å². The van der Waals surface area contributed by atoms with Gasteiger partial charge < -0.3 is 5.32 Å². The molecule has 0 fully saturated rings. The molecule has 1 heterocycles. The maximum absolute atomic E-state index is 11.6. The van der Waals surface area contributed by atoms with Crippen LogP contribution in [0.2, 0.25) is 0 Å². The molecule has 1 aromatic carbocycles. The molecule has 2 rings (SSSR count). The number of carbonyl (C=O) groups excluding carboxylic acids is 1. The first-order valence-electron chi connectivity index (χ1n) is 5.39. The number of anilines is 1. The van der Waals surface area contributed by atoms with Crippen LogP contribution in [-0.4, -0.2) is 16.1 Å². The average molecular weight is 306 g/mol. The molecule has 1 amide bonds. The number of amides is 1. The first-order valence-corrected chi connectivity index (χ1v) is 6.18. The summed E-state index contributed by atoms with van der Waals surface area (Å²) in [6, 6.07) is 5.97. The predicted octanol–water partition coefficient (Wildman–Crippen LogP) is 3.13. The number of H-pyrrole nitrogens is 1. The zero-order valence-electron chi connectivity index (χ0n) is 9.77. The molecule has 92 valence electrons. The van der Waals surface area contributed by atoms with Crippen molar-refractivity contribution in [2.45, 2.75) is 6.92 Å². The number of nitrogens with zero attached hydrogens (tertiary/aromatic N) is 1. The number of carbonyl (C=O) groups is 1. The van der Waals surface area contributed by atoms with Crippen LogP contribution < -0.4 is 5.32 Å². The first kappa shape index (κ1) is 12.6. The van der Waals surface area contributed by atoms with Crippen molar-refractivity contribution in [3.05, 3.63) is 52.3 Å². The molecule has 4 nitrogen and oxygen atoms in total. The van der Waals surface area contributed by atoms with Crippen LogP contribution >= 0.6 is 15.9 Å². The molecule has 0 aliphatic heterocycles. The zero-order valence-corrected chi connectivity index (χ0v) is 11.4. The van der Waals surface area contributed by atoms with Crippen molar-refractivity contribution in [1.82, 2.24) is 10.2 Å². The van der Waals surface area contributed by atoms with Gasteiger partial charge in [-0.3, -0.25) is 9.89 Å². The van der Waals surface area contributed by atoms with Gasteiger partial charge in [0.1, 0.15) is 0 Å². The van der Waals surface area contributed by atoms with E-state index >= 15 is 0 Å². The molecular formula is C13H12BrN3O. The molecule has 0 saturated carbocycles. The van der Waals surface area contributed by atoms with Crippen LogP contribution in [0.3, 0.4) is 0 Å². The molecule has 0 saturated heterocycles. The second kappa shape index (κ2) is 5.64. The highest BCUT2D eigenvalue weighted by Crippen LogP contribution is 2.19. The van der Waals surface area contributed by atoms with E-state index in [1.807, 2.05) is 25.1 Å². The lowest BCUT2D eigenvalue weighted by atomic mass is 10.1. The standard InChI is InChI=1S/C13H12BrN3O/c1-9-2-3-10(12(14)6-9)4-5-13(18)17-11-7-15-16-8-11/h2-8H,1H3,(H,15,16)(H,17,18)/b5-4+. The van der Waals surface area contributed by atoms with E-state index < -0.39 is 0 Å². The van der Waals surface area contributed by atoms with E-state index in [1.165, 1.54) is 11.6 Å². The predicted molar refractivity (Wildman–Crippen MR) is 75.1 cm³/mol. The fourth-order valence-electron chi connectivity index (χ4n) is 1.44. The number of aromatic nitrogens is 2. The van der Waals surface area contributed by atoms with Crippen LogP contribution in [-0.2, 0) is 4.79 Å². The van der Waals surface area contributed by atoms with Crippen molar-refractivity contribution in [2.24, 2.45) is 0 Å². The van der Waals surface area contributed by atoms with Crippen molar-refractivity contribution < 1.29 is 4.79 Å². The monoisotopic (exact) mass is 305 g/mol. The third-order valence-corrected chi connectivity index (χ3v) is 3.02. The first-order chi connectivity index (χ1) is 8.65. The van der Waals surface area contributed by atoms with Crippen LogP contribution in [0.15, 0.2) is 41.1 Å². The van der Waals surface area contributed by atoms with Crippen LogP contribution in [0.25, 0.3) is 6.08 Å². The number of rotatable bonds is 3. The fourth-order valence-corrected chi connectivity index (χ4v) is 2.06. The van der Waals surface area contributed by atoms with Gasteiger partial charge in [0.15, 0.2) is 0 Å². The Morgan fingerprint density at radius 3 is 3.00 bits per heavy atom. The van der Waals surface area contributed by atoms with Crippen LogP contribution in [0.5, 0.6) is 0 Å². The Bertz CT molecular complexity index is 576. The van der Waals surface area contributed by atoms with Gasteiger partial charge in [0, 0.05) is 16.7 Å². The summed E-state index contributed by atoms with van der Waals surface area (Å²) in [5.74, 6) is -0.191. The molecule has 0 aliphatic rings. The van der Waals surface area contributed by atoms with Crippen LogP contribution in [0.1, 0.15) is 11.1 Å². The smallest absolute Gasteiger partial charge is 0.248 e. The van der Waals surface area contributed by atoms with Crippen molar-refractivity contribution in [2.75, 3.05) is 5.32 Å². The van der Waals surface area contributed by atoms with Gasteiger partial charge in [-0.1, -0.05) is 28.1 Å². The number of hydrogen-bond donors (Lipinski definition) is 2. The van der Waals surface area contributed by atoms with E-state index in [2.05, 4.69) is 31.4 Å². The average Bonchev–Trinajstić information content (AvgIpc) is 2.80. The molecule has 2 N–H and O–H groups in total. The minimum atomic E-state index is -0.191. The summed E-state index contributed by atoms with van der Waals surface area (Å²) in [6.45, 7) is 2.02. The van der Waals surface area contributed by atoms with Gasteiger partial charge in [-0.2, -0.15) is 5.10 Å². The number of benzene rings is 1. The maximum Gasteiger partial charge on any atom is 0.248 e. The van der Waals surface area contributed by atoms with E-state index in [-0.39, 0.29) is 5.91 Å². The summed E-state index contributed by atoms with van der Waals surface area (Å²) in [4.78, 5) is 11.6. The fraction of sp³-hybridized carbons (Fsp3) is 0.0769. The van der Waals surface area contributed by atoms with Crippen LogP contribution in [0.4, 0.5) is 5.69 Å². The van der Waals surface area contributed by atoms with Gasteiger partial charge >= 0.3 is 0 Å². The van der Waals surface area contributed by atoms with Crippen molar-refractivity contribution in [1.29, 1.82) is 0 Å². The second-order valence-corrected chi connectivity index (χ2v) is 4.69. The third kappa shape index (κ3) is 3.30. The lowest BCUT2D eigenvalue weighted by Crippen LogP contribution is -2.06. The van der Waals surface area contributed by atoms with Gasteiger partial charge in [0.05, 0.1) is 11.9 Å². The molecule has 18 heavy (non-hydrogen) atoms. The number of halogens is 1. The lowest BCUT2D eigenvalue weighted by Gasteiger charge is -2.00. The highest BCUT2D eigenvalue weighted by Gasteiger charge is 2.00. The summed E-state index contributed by atoms with van der Waals surface area (Å²) in [5, 5.41) is 9.06. The Morgan fingerprint density at radius 2 is 2.33 bits per heavy atom. The minimum Gasteiger partial charge on any atom is -0.320 e. The normalized spacial score (nSPS) is 10.8. The largest absolute Gasteiger partial charge is 0.320 e. The Labute approximate surface area is 113 Å². The van der Waals surface area contributed by atoms with E-state index in [4.69, 9.17) is 0 Å². The van der Waals surface area contributed by atoms with Gasteiger partial charge in [0.25, 0.3) is 0 Å². The van der Waals surface area contributed by atoms with E-state index in [1.54, 1.807) is 18.5 Å². The summed E-state index contributed by atoms with van der Waals surface area (Å²) >= 11 is 3.46. The second-order valence-electron chi connectivity index (χ2n) is 3.83. The molecule has 1 aromatic heterocycles. The zero-order chi connectivity index (χ0) is 13.0. The van der Waals surface area contributed by atoms with E-state index in [0.717, 1.165) is 10.0 Å². The van der Waals surface area contributed by atoms with Gasteiger partial charge in [0.2, 0.25) is 5.91 Å². The number of nitrogens with one attached hydrogen (secondary N) is 2. The lowest BCUT2D eigenvalue weighted by molar-refractivity contribution is -0.111. The van der Waals surface area contributed by atoms with Crippen molar-refractivity contribution in [3.63, 3.8) is 0 Å². The van der Waals surface area contributed by atoms with Crippen LogP contribution in [0, 0.1) is 6.92 Å². The quantitative estimate of drug-likeness (QED) is 0.856. The molecule has 0 spiro atoms. The maximum atomic E-state index is 11.6. The Balaban J connectivity index is 2.04. The van der Waals surface area contributed by atoms with Crippen molar-refractivity contribution >= 4 is 33.6 Å². The summed E-state index contributed by atoms with van der Waals surface area (Å²) in [5.41, 5.74) is 2.78. The highest BCUT2D eigenvalue weighted by molar-refractivity contribution is 9.10. The Kier molecular flexibility index (Phi) is 3.94. The third-order valence-electron chi connectivity index (χ3n) is 2.34. The Hall–Kier alpha value is -1.88. The molecular weight excluding hydrogens is 294 g/mol. The van der Waals surface area contributed by atoms with Gasteiger partial charge in [-0.15, -0.1) is 0 Å². The summed E-state index contributed by atoms with van der Waals surface area (Å²) < 4.78 is 0.967. The summed E-state index contributed by atoms with van der Waals surface area (Å²) in [7, 11) is 0. The molecule has 0 aliphatic carbocycles. The molecule has 0 bridgehead atoms. The summed E-state index contributed by atoms with van der Waals surface area (Å²) in [6.07, 6.45) is 6.42. The number of aromatic amines is 1. The molecule has 0 atom stereocenters. The Morgan fingerprint density at radius 1 is 1.50 bits per heavy atom. The van der Waals surface area contributed by atoms with Gasteiger partial charge in [-0.05, 0) is 30.2 Å².